The maximum Gasteiger partial charge on any atom is 0.251 e. The van der Waals surface area contributed by atoms with Crippen LogP contribution in [0.3, 0.4) is 0 Å². The zero-order chi connectivity index (χ0) is 20.5. The zero-order valence-electron chi connectivity index (χ0n) is 16.8. The number of hydrogen-bond acceptors (Lipinski definition) is 3. The first kappa shape index (κ1) is 21.6. The maximum absolute atomic E-state index is 12.6. The summed E-state index contributed by atoms with van der Waals surface area (Å²) >= 11 is 0. The van der Waals surface area contributed by atoms with Crippen molar-refractivity contribution < 1.29 is 14.7 Å². The molecule has 5 heteroatoms. The van der Waals surface area contributed by atoms with Gasteiger partial charge < -0.3 is 15.3 Å². The van der Waals surface area contributed by atoms with Gasteiger partial charge in [-0.05, 0) is 44.4 Å². The molecule has 0 radical (unpaired) electrons. The number of benzene rings is 2. The number of nitrogens with zero attached hydrogens (tertiary/aromatic N) is 1. The first-order valence-electron chi connectivity index (χ1n) is 9.73. The predicted molar refractivity (Wildman–Crippen MR) is 111 cm³/mol. The Kier molecular flexibility index (Phi) is 8.20. The number of hydrogen-bond donors (Lipinski definition) is 2. The van der Waals surface area contributed by atoms with Crippen molar-refractivity contribution in [3.63, 3.8) is 0 Å². The number of rotatable bonds is 9. The van der Waals surface area contributed by atoms with Crippen molar-refractivity contribution in [2.45, 2.75) is 51.8 Å². The Labute approximate surface area is 167 Å². The van der Waals surface area contributed by atoms with E-state index in [9.17, 15) is 14.7 Å². The van der Waals surface area contributed by atoms with Crippen molar-refractivity contribution in [2.24, 2.45) is 0 Å². The van der Waals surface area contributed by atoms with Gasteiger partial charge in [0.1, 0.15) is 0 Å². The number of nitrogens with one attached hydrogen (secondary N) is 1. The molecule has 1 unspecified atom stereocenters. The van der Waals surface area contributed by atoms with Crippen LogP contribution in [0.1, 0.15) is 43.1 Å². The highest BCUT2D eigenvalue weighted by Gasteiger charge is 2.24. The maximum atomic E-state index is 12.6. The SMILES string of the molecule is CC(=O)N(CCC(O)[C@H](Cc1ccccc1)NC(=O)c1ccccc1)C(C)C. The van der Waals surface area contributed by atoms with Gasteiger partial charge in [-0.3, -0.25) is 9.59 Å². The Bertz CT molecular complexity index is 747. The van der Waals surface area contributed by atoms with E-state index < -0.39 is 12.1 Å². The predicted octanol–water partition coefficient (Wildman–Crippen LogP) is 3.04. The van der Waals surface area contributed by atoms with E-state index in [1.165, 1.54) is 6.92 Å². The molecular formula is C23H30N2O3. The molecule has 150 valence electrons. The van der Waals surface area contributed by atoms with Crippen LogP contribution < -0.4 is 5.32 Å². The molecule has 0 bridgehead atoms. The van der Waals surface area contributed by atoms with E-state index in [-0.39, 0.29) is 17.9 Å². The van der Waals surface area contributed by atoms with Crippen LogP contribution in [-0.2, 0) is 11.2 Å². The second-order valence-corrected chi connectivity index (χ2v) is 7.30. The van der Waals surface area contributed by atoms with Gasteiger partial charge in [-0.15, -0.1) is 0 Å². The number of aliphatic hydroxyl groups excluding tert-OH is 1. The summed E-state index contributed by atoms with van der Waals surface area (Å²) in [5, 5.41) is 13.8. The average Bonchev–Trinajstić information content (AvgIpc) is 2.68. The molecule has 2 aromatic rings. The van der Waals surface area contributed by atoms with Gasteiger partial charge in [-0.1, -0.05) is 48.5 Å². The fourth-order valence-electron chi connectivity index (χ4n) is 3.24. The summed E-state index contributed by atoms with van der Waals surface area (Å²) in [6.07, 6.45) is 0.139. The number of carbonyl (C=O) groups is 2. The van der Waals surface area contributed by atoms with Crippen LogP contribution in [0.25, 0.3) is 0 Å². The molecule has 0 heterocycles. The van der Waals surface area contributed by atoms with Crippen molar-refractivity contribution in [1.82, 2.24) is 10.2 Å². The highest BCUT2D eigenvalue weighted by Crippen LogP contribution is 2.12. The van der Waals surface area contributed by atoms with Crippen molar-refractivity contribution >= 4 is 11.8 Å². The molecule has 2 rings (SSSR count). The van der Waals surface area contributed by atoms with Crippen LogP contribution in [0.4, 0.5) is 0 Å². The normalized spacial score (nSPS) is 13.0. The van der Waals surface area contributed by atoms with Crippen LogP contribution in [0.15, 0.2) is 60.7 Å². The topological polar surface area (TPSA) is 69.6 Å². The van der Waals surface area contributed by atoms with Gasteiger partial charge in [-0.25, -0.2) is 0 Å². The Morgan fingerprint density at radius 3 is 2.11 bits per heavy atom. The lowest BCUT2D eigenvalue weighted by Gasteiger charge is -2.29. The van der Waals surface area contributed by atoms with E-state index in [1.54, 1.807) is 17.0 Å². The third-order valence-corrected chi connectivity index (χ3v) is 4.81. The van der Waals surface area contributed by atoms with E-state index in [1.807, 2.05) is 62.4 Å². The molecule has 0 aromatic heterocycles. The van der Waals surface area contributed by atoms with E-state index in [0.717, 1.165) is 5.56 Å². The molecule has 0 fully saturated rings. The standard InChI is InChI=1S/C23H30N2O3/c1-17(2)25(18(3)26)15-14-22(27)21(16-19-10-6-4-7-11-19)24-23(28)20-12-8-5-9-13-20/h4-13,17,21-22,27H,14-16H2,1-3H3,(H,24,28)/t21-,22?/m0/s1. The highest BCUT2D eigenvalue weighted by molar-refractivity contribution is 5.94. The van der Waals surface area contributed by atoms with E-state index in [2.05, 4.69) is 5.32 Å². The lowest BCUT2D eigenvalue weighted by molar-refractivity contribution is -0.130. The van der Waals surface area contributed by atoms with Crippen molar-refractivity contribution in [3.05, 3.63) is 71.8 Å². The molecule has 0 aliphatic heterocycles. The molecule has 0 saturated carbocycles. The summed E-state index contributed by atoms with van der Waals surface area (Å²) in [7, 11) is 0. The third kappa shape index (κ3) is 6.50. The summed E-state index contributed by atoms with van der Waals surface area (Å²) in [5.41, 5.74) is 1.59. The molecule has 0 spiro atoms. The Balaban J connectivity index is 2.10. The van der Waals surface area contributed by atoms with Crippen LogP contribution >= 0.6 is 0 Å². The smallest absolute Gasteiger partial charge is 0.251 e. The first-order chi connectivity index (χ1) is 13.4. The van der Waals surface area contributed by atoms with E-state index in [0.29, 0.717) is 24.9 Å². The van der Waals surface area contributed by atoms with Crippen LogP contribution in [0.2, 0.25) is 0 Å². The number of aliphatic hydroxyl groups is 1. The van der Waals surface area contributed by atoms with E-state index in [4.69, 9.17) is 0 Å². The molecule has 2 amide bonds. The molecular weight excluding hydrogens is 352 g/mol. The molecule has 0 aliphatic rings. The summed E-state index contributed by atoms with van der Waals surface area (Å²) in [6, 6.07) is 18.4. The van der Waals surface area contributed by atoms with Gasteiger partial charge in [0.2, 0.25) is 5.91 Å². The van der Waals surface area contributed by atoms with Gasteiger partial charge in [0.15, 0.2) is 0 Å². The van der Waals surface area contributed by atoms with Crippen molar-refractivity contribution in [3.8, 4) is 0 Å². The Hall–Kier alpha value is -2.66. The summed E-state index contributed by atoms with van der Waals surface area (Å²) in [4.78, 5) is 26.1. The summed E-state index contributed by atoms with van der Waals surface area (Å²) < 4.78 is 0. The van der Waals surface area contributed by atoms with Crippen molar-refractivity contribution in [1.29, 1.82) is 0 Å². The molecule has 0 saturated heterocycles. The van der Waals surface area contributed by atoms with Crippen LogP contribution in [0.5, 0.6) is 0 Å². The minimum absolute atomic E-state index is 0.0184. The second-order valence-electron chi connectivity index (χ2n) is 7.30. The average molecular weight is 383 g/mol. The van der Waals surface area contributed by atoms with Crippen LogP contribution in [-0.4, -0.2) is 46.6 Å². The zero-order valence-corrected chi connectivity index (χ0v) is 16.8. The summed E-state index contributed by atoms with van der Waals surface area (Å²) in [5.74, 6) is -0.233. The number of carbonyl (C=O) groups excluding carboxylic acids is 2. The highest BCUT2D eigenvalue weighted by atomic mass is 16.3. The fraction of sp³-hybridized carbons (Fsp3) is 0.391. The van der Waals surface area contributed by atoms with Gasteiger partial charge in [0.25, 0.3) is 5.91 Å². The van der Waals surface area contributed by atoms with Crippen molar-refractivity contribution in [2.75, 3.05) is 6.54 Å². The molecule has 2 N–H and O–H groups in total. The van der Waals surface area contributed by atoms with Gasteiger partial charge in [0.05, 0.1) is 12.1 Å². The molecule has 2 atom stereocenters. The monoisotopic (exact) mass is 382 g/mol. The van der Waals surface area contributed by atoms with Gasteiger partial charge in [-0.2, -0.15) is 0 Å². The third-order valence-electron chi connectivity index (χ3n) is 4.81. The second kappa shape index (κ2) is 10.6. The molecule has 28 heavy (non-hydrogen) atoms. The largest absolute Gasteiger partial charge is 0.391 e. The number of amides is 2. The fourth-order valence-corrected chi connectivity index (χ4v) is 3.24. The summed E-state index contributed by atoms with van der Waals surface area (Å²) in [6.45, 7) is 5.88. The Morgan fingerprint density at radius 1 is 1.00 bits per heavy atom. The molecule has 5 nitrogen and oxygen atoms in total. The lowest BCUT2D eigenvalue weighted by atomic mass is 9.98. The molecule has 0 aliphatic carbocycles. The lowest BCUT2D eigenvalue weighted by Crippen LogP contribution is -2.47. The minimum Gasteiger partial charge on any atom is -0.391 e. The Morgan fingerprint density at radius 2 is 1.57 bits per heavy atom. The minimum atomic E-state index is -0.770. The quantitative estimate of drug-likeness (QED) is 0.700. The molecule has 2 aromatic carbocycles. The first-order valence-corrected chi connectivity index (χ1v) is 9.73. The van der Waals surface area contributed by atoms with Gasteiger partial charge in [0, 0.05) is 25.1 Å². The van der Waals surface area contributed by atoms with E-state index >= 15 is 0 Å². The van der Waals surface area contributed by atoms with Crippen LogP contribution in [0, 0.1) is 0 Å². The van der Waals surface area contributed by atoms with Gasteiger partial charge >= 0.3 is 0 Å².